The summed E-state index contributed by atoms with van der Waals surface area (Å²) in [5, 5.41) is 9.02. The first-order chi connectivity index (χ1) is 13.0. The number of carboxylic acids is 1. The summed E-state index contributed by atoms with van der Waals surface area (Å²) in [6.07, 6.45) is 5.29. The molecule has 150 valence electrons. The fourth-order valence-corrected chi connectivity index (χ4v) is 6.07. The van der Waals surface area contributed by atoms with Crippen molar-refractivity contribution in [1.29, 1.82) is 0 Å². The van der Waals surface area contributed by atoms with E-state index in [4.69, 9.17) is 9.84 Å². The maximum Gasteiger partial charge on any atom is 0.382 e. The molecule has 0 bridgehead atoms. The predicted molar refractivity (Wildman–Crippen MR) is 111 cm³/mol. The molecule has 3 nitrogen and oxygen atoms in total. The first-order valence-electron chi connectivity index (χ1n) is 10.4. The Balaban J connectivity index is 1.79. The van der Waals surface area contributed by atoms with E-state index in [-0.39, 0.29) is 22.2 Å². The predicted octanol–water partition coefficient (Wildman–Crippen LogP) is 4.87. The number of aliphatic carboxylic acids is 1. The van der Waals surface area contributed by atoms with Crippen LogP contribution in [0.25, 0.3) is 0 Å². The molecule has 0 spiro atoms. The van der Waals surface area contributed by atoms with Crippen LogP contribution in [0.3, 0.4) is 0 Å². The fraction of sp³-hybridized carbons (Fsp3) is 0.640. The summed E-state index contributed by atoms with van der Waals surface area (Å²) in [6.45, 7) is 11.7. The van der Waals surface area contributed by atoms with Crippen molar-refractivity contribution in [2.75, 3.05) is 7.11 Å². The Hall–Kier alpha value is -1.79. The second-order valence-corrected chi connectivity index (χ2v) is 10.5. The highest BCUT2D eigenvalue weighted by Gasteiger charge is 2.69. The minimum absolute atomic E-state index is 0.0972. The lowest BCUT2D eigenvalue weighted by atomic mass is 9.62. The Morgan fingerprint density at radius 3 is 2.18 bits per heavy atom. The third-order valence-corrected chi connectivity index (χ3v) is 8.06. The van der Waals surface area contributed by atoms with Crippen LogP contribution < -0.4 is 0 Å². The molecule has 2 saturated carbocycles. The highest BCUT2D eigenvalue weighted by Crippen LogP contribution is 2.70. The molecule has 3 atom stereocenters. The van der Waals surface area contributed by atoms with Crippen molar-refractivity contribution in [2.45, 2.75) is 88.6 Å². The van der Waals surface area contributed by atoms with E-state index >= 15 is 0 Å². The molecule has 3 aliphatic carbocycles. The molecule has 1 aromatic carbocycles. The molecule has 0 saturated heterocycles. The largest absolute Gasteiger partial charge is 0.472 e. The molecular weight excluding hydrogens is 348 g/mol. The van der Waals surface area contributed by atoms with Gasteiger partial charge in [0.15, 0.2) is 0 Å². The Bertz CT molecular complexity index is 914. The minimum atomic E-state index is -1.08. The van der Waals surface area contributed by atoms with Crippen LogP contribution in [0, 0.1) is 24.7 Å². The molecule has 0 amide bonds. The van der Waals surface area contributed by atoms with Crippen LogP contribution in [0.1, 0.15) is 82.1 Å². The van der Waals surface area contributed by atoms with Crippen molar-refractivity contribution in [3.8, 4) is 11.8 Å². The molecule has 28 heavy (non-hydrogen) atoms. The number of carbonyl (C=O) groups is 1. The molecule has 0 aliphatic heterocycles. The molecule has 3 unspecified atom stereocenters. The number of fused-ring (bicyclic) bond motifs is 2. The van der Waals surface area contributed by atoms with Crippen molar-refractivity contribution in [3.05, 3.63) is 34.4 Å². The van der Waals surface area contributed by atoms with Crippen LogP contribution in [-0.4, -0.2) is 23.8 Å². The Morgan fingerprint density at radius 2 is 1.64 bits per heavy atom. The normalized spacial score (nSPS) is 34.0. The van der Waals surface area contributed by atoms with Crippen molar-refractivity contribution < 1.29 is 14.6 Å². The van der Waals surface area contributed by atoms with Gasteiger partial charge in [-0.05, 0) is 72.1 Å². The smallest absolute Gasteiger partial charge is 0.382 e. The average molecular weight is 381 g/mol. The van der Waals surface area contributed by atoms with Gasteiger partial charge in [0, 0.05) is 24.4 Å². The summed E-state index contributed by atoms with van der Waals surface area (Å²) in [7, 11) is 1.68. The lowest BCUT2D eigenvalue weighted by Gasteiger charge is -2.43. The molecule has 1 N–H and O–H groups in total. The van der Waals surface area contributed by atoms with E-state index < -0.39 is 11.6 Å². The highest BCUT2D eigenvalue weighted by molar-refractivity contribution is 5.86. The molecular formula is C25H32O3. The standard InChI is InChI=1S/C25H32O3/c1-16-13-18-19(23(4,5)10-9-22(18,2)3)14-17(16)24-11-12-25(28-6,20(24)15-24)8-7-21(26)27/h13-14,20H,9-12,15H2,1-6H3,(H,26,27). The SMILES string of the molecule is COC1(C#CC(=O)O)CCC2(c3cc4c(cc3C)C(C)(C)CCC4(C)C)CC12. The van der Waals surface area contributed by atoms with E-state index in [1.165, 1.54) is 35.1 Å². The zero-order chi connectivity index (χ0) is 20.5. The van der Waals surface area contributed by atoms with Crippen LogP contribution in [0.4, 0.5) is 0 Å². The van der Waals surface area contributed by atoms with E-state index in [1.54, 1.807) is 7.11 Å². The van der Waals surface area contributed by atoms with Crippen LogP contribution in [0.2, 0.25) is 0 Å². The average Bonchev–Trinajstić information content (AvgIpc) is 3.28. The number of hydrogen-bond acceptors (Lipinski definition) is 2. The van der Waals surface area contributed by atoms with E-state index in [9.17, 15) is 4.79 Å². The van der Waals surface area contributed by atoms with E-state index in [1.807, 2.05) is 0 Å². The molecule has 1 aromatic rings. The van der Waals surface area contributed by atoms with Gasteiger partial charge in [-0.3, -0.25) is 0 Å². The Kier molecular flexibility index (Phi) is 4.09. The summed E-state index contributed by atoms with van der Waals surface area (Å²) in [5.41, 5.74) is 5.69. The number of benzene rings is 1. The topological polar surface area (TPSA) is 46.5 Å². The second kappa shape index (κ2) is 5.86. The molecule has 0 heterocycles. The molecule has 0 aromatic heterocycles. The molecule has 2 fully saturated rings. The summed E-state index contributed by atoms with van der Waals surface area (Å²) in [5.74, 6) is 4.51. The van der Waals surface area contributed by atoms with E-state index in [0.29, 0.717) is 0 Å². The first-order valence-corrected chi connectivity index (χ1v) is 10.4. The number of ether oxygens (including phenoxy) is 1. The minimum Gasteiger partial charge on any atom is -0.472 e. The van der Waals surface area contributed by atoms with Crippen LogP contribution >= 0.6 is 0 Å². The molecule has 3 aliphatic rings. The molecule has 4 rings (SSSR count). The van der Waals surface area contributed by atoms with E-state index in [0.717, 1.165) is 19.3 Å². The maximum absolute atomic E-state index is 11.0. The van der Waals surface area contributed by atoms with Crippen molar-refractivity contribution in [3.63, 3.8) is 0 Å². The summed E-state index contributed by atoms with van der Waals surface area (Å²) in [4.78, 5) is 11.0. The summed E-state index contributed by atoms with van der Waals surface area (Å²) in [6, 6.07) is 4.92. The van der Waals surface area contributed by atoms with Crippen molar-refractivity contribution >= 4 is 5.97 Å². The van der Waals surface area contributed by atoms with Gasteiger partial charge in [-0.25, -0.2) is 4.79 Å². The lowest BCUT2D eigenvalue weighted by molar-refractivity contribution is -0.130. The number of hydrogen-bond donors (Lipinski definition) is 1. The van der Waals surface area contributed by atoms with Gasteiger partial charge < -0.3 is 9.84 Å². The van der Waals surface area contributed by atoms with Gasteiger partial charge in [0.05, 0.1) is 0 Å². The monoisotopic (exact) mass is 380 g/mol. The Morgan fingerprint density at radius 1 is 1.04 bits per heavy atom. The summed E-state index contributed by atoms with van der Waals surface area (Å²) < 4.78 is 5.84. The maximum atomic E-state index is 11.0. The highest BCUT2D eigenvalue weighted by atomic mass is 16.5. The number of rotatable bonds is 2. The zero-order valence-electron chi connectivity index (χ0n) is 18.0. The van der Waals surface area contributed by atoms with Gasteiger partial charge in [0.1, 0.15) is 5.60 Å². The van der Waals surface area contributed by atoms with Gasteiger partial charge in [-0.15, -0.1) is 0 Å². The van der Waals surface area contributed by atoms with Gasteiger partial charge in [0.2, 0.25) is 0 Å². The third kappa shape index (κ3) is 2.65. The molecule has 0 radical (unpaired) electrons. The fourth-order valence-electron chi connectivity index (χ4n) is 6.07. The number of carboxylic acid groups (broad SMARTS) is 1. The zero-order valence-corrected chi connectivity index (χ0v) is 18.0. The second-order valence-electron chi connectivity index (χ2n) is 10.5. The lowest BCUT2D eigenvalue weighted by Crippen LogP contribution is -2.34. The van der Waals surface area contributed by atoms with Gasteiger partial charge >= 0.3 is 5.97 Å². The van der Waals surface area contributed by atoms with Crippen LogP contribution in [-0.2, 0) is 25.8 Å². The number of methoxy groups -OCH3 is 1. The number of aryl methyl sites for hydroxylation is 1. The van der Waals surface area contributed by atoms with Gasteiger partial charge in [-0.2, -0.15) is 0 Å². The first kappa shape index (κ1) is 19.5. The third-order valence-electron chi connectivity index (χ3n) is 8.06. The van der Waals surface area contributed by atoms with E-state index in [2.05, 4.69) is 58.6 Å². The van der Waals surface area contributed by atoms with Gasteiger partial charge in [0.25, 0.3) is 0 Å². The van der Waals surface area contributed by atoms with Gasteiger partial charge in [-0.1, -0.05) is 45.7 Å². The van der Waals surface area contributed by atoms with Crippen LogP contribution in [0.5, 0.6) is 0 Å². The molecule has 3 heteroatoms. The summed E-state index contributed by atoms with van der Waals surface area (Å²) >= 11 is 0. The van der Waals surface area contributed by atoms with Crippen molar-refractivity contribution in [2.24, 2.45) is 5.92 Å². The van der Waals surface area contributed by atoms with Crippen LogP contribution in [0.15, 0.2) is 12.1 Å². The quantitative estimate of drug-likeness (QED) is 0.745. The Labute approximate surface area is 168 Å². The van der Waals surface area contributed by atoms with Crippen molar-refractivity contribution in [1.82, 2.24) is 0 Å².